The van der Waals surface area contributed by atoms with E-state index in [-0.39, 0.29) is 11.4 Å². The fourth-order valence-corrected chi connectivity index (χ4v) is 7.09. The maximum Gasteiger partial charge on any atom is 0.268 e. The molecule has 3 aliphatic heterocycles. The Morgan fingerprint density at radius 3 is 1.92 bits per heavy atom. The van der Waals surface area contributed by atoms with E-state index in [1.54, 1.807) is 0 Å². The normalized spacial score (nSPS) is 22.4. The quantitative estimate of drug-likeness (QED) is 0.446. The molecule has 1 fully saturated rings. The Morgan fingerprint density at radius 2 is 1.39 bits per heavy atom. The summed E-state index contributed by atoms with van der Waals surface area (Å²) in [6.45, 7) is 12.3. The first kappa shape index (κ1) is 23.4. The van der Waals surface area contributed by atoms with Crippen LogP contribution >= 0.6 is 0 Å². The van der Waals surface area contributed by atoms with E-state index in [1.165, 1.54) is 33.5 Å². The molecule has 1 atom stereocenters. The Hall–Kier alpha value is -2.95. The number of hydrogen-bond donors (Lipinski definition) is 0. The van der Waals surface area contributed by atoms with Crippen molar-refractivity contribution >= 4 is 11.6 Å². The second-order valence-electron chi connectivity index (χ2n) is 11.5. The van der Waals surface area contributed by atoms with Crippen LogP contribution in [0.25, 0.3) is 0 Å². The highest BCUT2D eigenvalue weighted by Crippen LogP contribution is 2.57. The van der Waals surface area contributed by atoms with Crippen LogP contribution in [-0.2, 0) is 30.0 Å². The summed E-state index contributed by atoms with van der Waals surface area (Å²) in [7, 11) is 0. The number of carbonyl (C=O) groups excluding carboxylic acids is 1. The summed E-state index contributed by atoms with van der Waals surface area (Å²) >= 11 is 0. The molecule has 1 amide bonds. The minimum Gasteiger partial charge on any atom is -0.303 e. The van der Waals surface area contributed by atoms with Gasteiger partial charge in [0.25, 0.3) is 5.91 Å². The van der Waals surface area contributed by atoms with Gasteiger partial charge in [0.1, 0.15) is 0 Å². The molecular formula is C32H37N3O. The summed E-state index contributed by atoms with van der Waals surface area (Å²) in [4.78, 5) is 22.1. The molecule has 3 aromatic rings. The number of aryl methyl sites for hydroxylation is 1. The molecule has 3 aliphatic rings. The molecule has 0 aliphatic carbocycles. The topological polar surface area (TPSA) is 26.8 Å². The molecule has 186 valence electrons. The third-order valence-electron chi connectivity index (χ3n) is 8.64. The minimum absolute atomic E-state index is 0.227. The molecule has 0 bridgehead atoms. The van der Waals surface area contributed by atoms with Crippen LogP contribution in [0.15, 0.2) is 72.8 Å². The van der Waals surface area contributed by atoms with Crippen molar-refractivity contribution in [2.24, 2.45) is 0 Å². The van der Waals surface area contributed by atoms with Crippen LogP contribution < -0.4 is 4.90 Å². The molecule has 4 nitrogen and oxygen atoms in total. The molecular weight excluding hydrogens is 442 g/mol. The number of rotatable bonds is 5. The van der Waals surface area contributed by atoms with E-state index in [9.17, 15) is 4.79 Å². The van der Waals surface area contributed by atoms with E-state index in [4.69, 9.17) is 0 Å². The third kappa shape index (κ3) is 3.38. The van der Waals surface area contributed by atoms with Crippen molar-refractivity contribution in [1.29, 1.82) is 0 Å². The molecule has 6 rings (SSSR count). The largest absolute Gasteiger partial charge is 0.303 e. The second-order valence-corrected chi connectivity index (χ2v) is 11.5. The molecule has 36 heavy (non-hydrogen) atoms. The summed E-state index contributed by atoms with van der Waals surface area (Å²) < 4.78 is 0. The number of benzene rings is 3. The maximum absolute atomic E-state index is 15.0. The summed E-state index contributed by atoms with van der Waals surface area (Å²) in [6.07, 6.45) is 1.95. The van der Waals surface area contributed by atoms with Crippen molar-refractivity contribution in [2.75, 3.05) is 18.0 Å². The zero-order chi connectivity index (χ0) is 25.1. The third-order valence-corrected chi connectivity index (χ3v) is 8.64. The van der Waals surface area contributed by atoms with Gasteiger partial charge in [-0.15, -0.1) is 0 Å². The number of hydrogen-bond acceptors (Lipinski definition) is 3. The number of amides is 1. The van der Waals surface area contributed by atoms with Crippen LogP contribution in [0.2, 0.25) is 0 Å². The van der Waals surface area contributed by atoms with Gasteiger partial charge in [0, 0.05) is 37.3 Å². The Balaban J connectivity index is 1.58. The molecule has 0 unspecified atom stereocenters. The number of carbonyl (C=O) groups is 1. The van der Waals surface area contributed by atoms with Crippen LogP contribution in [0, 0.1) is 0 Å². The van der Waals surface area contributed by atoms with Crippen molar-refractivity contribution in [3.8, 4) is 0 Å². The zero-order valence-electron chi connectivity index (χ0n) is 22.0. The lowest BCUT2D eigenvalue weighted by Gasteiger charge is -2.45. The summed E-state index contributed by atoms with van der Waals surface area (Å²) in [6, 6.07) is 26.0. The Bertz CT molecular complexity index is 1230. The second kappa shape index (κ2) is 8.57. The highest BCUT2D eigenvalue weighted by Gasteiger charge is 2.64. The summed E-state index contributed by atoms with van der Waals surface area (Å²) in [5.74, 6) is 0.652. The first-order valence-corrected chi connectivity index (χ1v) is 13.5. The standard InChI is InChI=1S/C32H37N3O/c1-5-24-18-27-23(2)20-31(3,4)35-29(27)28(19-24)32(30(35)36)33(21-25-12-8-6-9-13-25)16-17-34(32)22-26-14-10-7-11-15-26/h6-15,18-19,23H,5,16-17,20-22H2,1-4H3/t23-/m1/s1. The Morgan fingerprint density at radius 1 is 0.833 bits per heavy atom. The van der Waals surface area contributed by atoms with Gasteiger partial charge >= 0.3 is 0 Å². The van der Waals surface area contributed by atoms with Crippen LogP contribution in [0.5, 0.6) is 0 Å². The smallest absolute Gasteiger partial charge is 0.268 e. The lowest BCUT2D eigenvalue weighted by Crippen LogP contribution is -2.60. The van der Waals surface area contributed by atoms with Gasteiger partial charge in [-0.05, 0) is 60.9 Å². The zero-order valence-corrected chi connectivity index (χ0v) is 22.0. The van der Waals surface area contributed by atoms with Crippen molar-refractivity contribution < 1.29 is 4.79 Å². The molecule has 3 heterocycles. The molecule has 0 radical (unpaired) electrons. The highest BCUT2D eigenvalue weighted by molar-refractivity contribution is 6.10. The van der Waals surface area contributed by atoms with E-state index in [0.717, 1.165) is 39.0 Å². The van der Waals surface area contributed by atoms with Crippen LogP contribution in [0.4, 0.5) is 5.69 Å². The van der Waals surface area contributed by atoms with Crippen LogP contribution in [0.1, 0.15) is 67.9 Å². The average Bonchev–Trinajstić information content (AvgIpc) is 3.35. The molecule has 0 N–H and O–H groups in total. The lowest BCUT2D eigenvalue weighted by atomic mass is 9.79. The predicted molar refractivity (Wildman–Crippen MR) is 146 cm³/mol. The number of fused-ring (bicyclic) bond motifs is 1. The molecule has 0 saturated carbocycles. The molecule has 3 aromatic carbocycles. The first-order chi connectivity index (χ1) is 17.4. The number of anilines is 1. The number of nitrogens with zero attached hydrogens (tertiary/aromatic N) is 3. The fraction of sp³-hybridized carbons (Fsp3) is 0.406. The molecule has 1 spiro atoms. The predicted octanol–water partition coefficient (Wildman–Crippen LogP) is 6.05. The van der Waals surface area contributed by atoms with Gasteiger partial charge in [0.15, 0.2) is 5.66 Å². The van der Waals surface area contributed by atoms with Gasteiger partial charge in [0.2, 0.25) is 0 Å². The van der Waals surface area contributed by atoms with Gasteiger partial charge in [-0.2, -0.15) is 0 Å². The highest BCUT2D eigenvalue weighted by atomic mass is 16.2. The van der Waals surface area contributed by atoms with E-state index < -0.39 is 5.66 Å². The van der Waals surface area contributed by atoms with Crippen molar-refractivity contribution in [3.63, 3.8) is 0 Å². The first-order valence-electron chi connectivity index (χ1n) is 13.5. The van der Waals surface area contributed by atoms with E-state index in [1.807, 2.05) is 0 Å². The SMILES string of the molecule is CCc1cc2c3c(c1)C1(C(=O)N3C(C)(C)C[C@H]2C)N(Cc2ccccc2)CCN1Cc1ccccc1. The molecule has 4 heteroatoms. The van der Waals surface area contributed by atoms with Crippen molar-refractivity contribution in [3.05, 3.63) is 101 Å². The summed E-state index contributed by atoms with van der Waals surface area (Å²) in [5.41, 5.74) is 6.54. The lowest BCUT2D eigenvalue weighted by molar-refractivity contribution is -0.140. The average molecular weight is 480 g/mol. The Kier molecular flexibility index (Phi) is 5.58. The van der Waals surface area contributed by atoms with Crippen LogP contribution in [0.3, 0.4) is 0 Å². The van der Waals surface area contributed by atoms with E-state index >= 15 is 0 Å². The molecule has 1 saturated heterocycles. The van der Waals surface area contributed by atoms with Crippen molar-refractivity contribution in [2.45, 2.75) is 70.7 Å². The van der Waals surface area contributed by atoms with E-state index in [2.05, 4.69) is 115 Å². The van der Waals surface area contributed by atoms with Gasteiger partial charge in [0.05, 0.1) is 5.69 Å². The maximum atomic E-state index is 15.0. The summed E-state index contributed by atoms with van der Waals surface area (Å²) in [5, 5.41) is 0. The monoisotopic (exact) mass is 479 g/mol. The van der Waals surface area contributed by atoms with Gasteiger partial charge in [-0.1, -0.05) is 80.6 Å². The van der Waals surface area contributed by atoms with Gasteiger partial charge < -0.3 is 4.90 Å². The van der Waals surface area contributed by atoms with Gasteiger partial charge in [-0.3, -0.25) is 14.6 Å². The van der Waals surface area contributed by atoms with Crippen molar-refractivity contribution in [1.82, 2.24) is 9.80 Å². The minimum atomic E-state index is -0.789. The fourth-order valence-electron chi connectivity index (χ4n) is 7.09. The van der Waals surface area contributed by atoms with Crippen LogP contribution in [-0.4, -0.2) is 34.3 Å². The van der Waals surface area contributed by atoms with Gasteiger partial charge in [-0.25, -0.2) is 0 Å². The molecule has 0 aromatic heterocycles. The van der Waals surface area contributed by atoms with E-state index in [0.29, 0.717) is 5.92 Å². The Labute approximate surface area is 215 Å².